The van der Waals surface area contributed by atoms with Crippen LogP contribution in [0.25, 0.3) is 0 Å². The van der Waals surface area contributed by atoms with E-state index >= 15 is 0 Å². The van der Waals surface area contributed by atoms with Crippen LogP contribution in [0.3, 0.4) is 0 Å². The third-order valence-corrected chi connectivity index (χ3v) is 3.41. The maximum Gasteiger partial charge on any atom is 0.239 e. The van der Waals surface area contributed by atoms with Crippen LogP contribution in [0.1, 0.15) is 47.0 Å². The zero-order chi connectivity index (χ0) is 14.0. The van der Waals surface area contributed by atoms with E-state index in [1.54, 1.807) is 0 Å². The fourth-order valence-corrected chi connectivity index (χ4v) is 2.12. The van der Waals surface area contributed by atoms with Gasteiger partial charge in [0.2, 0.25) is 5.91 Å². The molecule has 0 fully saturated rings. The molecule has 1 unspecified atom stereocenters. The lowest BCUT2D eigenvalue weighted by Gasteiger charge is -2.26. The fraction of sp³-hybridized carbons (Fsp3) is 0.929. The van der Waals surface area contributed by atoms with Crippen LogP contribution in [0.15, 0.2) is 0 Å². The Kier molecular flexibility index (Phi) is 9.98. The van der Waals surface area contributed by atoms with Gasteiger partial charge in [0.1, 0.15) is 0 Å². The summed E-state index contributed by atoms with van der Waals surface area (Å²) in [5.41, 5.74) is 5.89. The van der Waals surface area contributed by atoms with E-state index in [0.717, 1.165) is 52.0 Å². The van der Waals surface area contributed by atoms with Crippen LogP contribution in [-0.2, 0) is 4.79 Å². The molecule has 2 N–H and O–H groups in total. The summed E-state index contributed by atoms with van der Waals surface area (Å²) in [5, 5.41) is 0. The number of hydrogen-bond acceptors (Lipinski definition) is 3. The highest BCUT2D eigenvalue weighted by Gasteiger charge is 2.18. The molecule has 0 bridgehead atoms. The van der Waals surface area contributed by atoms with Gasteiger partial charge in [0.15, 0.2) is 0 Å². The van der Waals surface area contributed by atoms with Crippen molar-refractivity contribution in [1.82, 2.24) is 9.80 Å². The lowest BCUT2D eigenvalue weighted by molar-refractivity contribution is -0.132. The monoisotopic (exact) mass is 257 g/mol. The summed E-state index contributed by atoms with van der Waals surface area (Å²) in [4.78, 5) is 16.3. The first-order chi connectivity index (χ1) is 8.60. The van der Waals surface area contributed by atoms with E-state index in [1.807, 2.05) is 11.8 Å². The summed E-state index contributed by atoms with van der Waals surface area (Å²) in [6, 6.07) is -0.316. The second-order valence-corrected chi connectivity index (χ2v) is 4.69. The molecule has 0 aromatic carbocycles. The van der Waals surface area contributed by atoms with Gasteiger partial charge in [0.05, 0.1) is 6.04 Å². The van der Waals surface area contributed by atoms with E-state index in [4.69, 9.17) is 5.73 Å². The largest absolute Gasteiger partial charge is 0.342 e. The Hall–Kier alpha value is -0.610. The van der Waals surface area contributed by atoms with Gasteiger partial charge < -0.3 is 15.5 Å². The van der Waals surface area contributed by atoms with E-state index in [-0.39, 0.29) is 11.9 Å². The first-order valence-corrected chi connectivity index (χ1v) is 7.37. The van der Waals surface area contributed by atoms with Crippen LogP contribution in [0.5, 0.6) is 0 Å². The summed E-state index contributed by atoms with van der Waals surface area (Å²) >= 11 is 0. The van der Waals surface area contributed by atoms with Gasteiger partial charge in [-0.3, -0.25) is 4.79 Å². The molecule has 0 saturated carbocycles. The molecule has 0 aromatic heterocycles. The molecular weight excluding hydrogens is 226 g/mol. The normalized spacial score (nSPS) is 12.8. The topological polar surface area (TPSA) is 49.6 Å². The Balaban J connectivity index is 4.06. The Bertz CT molecular complexity index is 217. The Morgan fingerprint density at radius 1 is 1.06 bits per heavy atom. The van der Waals surface area contributed by atoms with Crippen molar-refractivity contribution in [3.63, 3.8) is 0 Å². The Morgan fingerprint density at radius 2 is 1.67 bits per heavy atom. The minimum atomic E-state index is -0.316. The van der Waals surface area contributed by atoms with Crippen molar-refractivity contribution in [2.45, 2.75) is 53.0 Å². The van der Waals surface area contributed by atoms with Gasteiger partial charge in [-0.05, 0) is 39.4 Å². The second-order valence-electron chi connectivity index (χ2n) is 4.69. The minimum absolute atomic E-state index is 0.110. The summed E-state index contributed by atoms with van der Waals surface area (Å²) in [6.45, 7) is 13.2. The molecule has 108 valence electrons. The van der Waals surface area contributed by atoms with Crippen molar-refractivity contribution < 1.29 is 4.79 Å². The zero-order valence-corrected chi connectivity index (χ0v) is 12.6. The van der Waals surface area contributed by atoms with Crippen molar-refractivity contribution in [3.05, 3.63) is 0 Å². The number of carbonyl (C=O) groups is 1. The molecule has 0 rings (SSSR count). The van der Waals surface area contributed by atoms with E-state index in [9.17, 15) is 4.79 Å². The molecule has 18 heavy (non-hydrogen) atoms. The molecule has 0 aliphatic carbocycles. The smallest absolute Gasteiger partial charge is 0.239 e. The number of amides is 1. The third kappa shape index (κ3) is 6.36. The van der Waals surface area contributed by atoms with Crippen molar-refractivity contribution in [2.75, 3.05) is 32.7 Å². The van der Waals surface area contributed by atoms with Gasteiger partial charge in [-0.15, -0.1) is 0 Å². The lowest BCUT2D eigenvalue weighted by atomic mass is 10.1. The van der Waals surface area contributed by atoms with Crippen LogP contribution in [0.4, 0.5) is 0 Å². The zero-order valence-electron chi connectivity index (χ0n) is 12.6. The summed E-state index contributed by atoms with van der Waals surface area (Å²) in [6.07, 6.45) is 2.77. The molecule has 1 atom stereocenters. The molecule has 0 heterocycles. The van der Waals surface area contributed by atoms with Crippen molar-refractivity contribution >= 4 is 5.91 Å². The van der Waals surface area contributed by atoms with Gasteiger partial charge in [0.25, 0.3) is 0 Å². The Morgan fingerprint density at radius 3 is 2.11 bits per heavy atom. The predicted molar refractivity (Wildman–Crippen MR) is 77.5 cm³/mol. The standard InChI is InChI=1S/C14H31N3O/c1-5-10-13(15)14(18)17(8-4)12-9-11-16(6-2)7-3/h13H,5-12,15H2,1-4H3. The lowest BCUT2D eigenvalue weighted by Crippen LogP contribution is -2.44. The van der Waals surface area contributed by atoms with Crippen LogP contribution >= 0.6 is 0 Å². The molecule has 0 aromatic rings. The first kappa shape index (κ1) is 17.4. The molecule has 0 radical (unpaired) electrons. The molecule has 4 heteroatoms. The highest BCUT2D eigenvalue weighted by Crippen LogP contribution is 2.02. The van der Waals surface area contributed by atoms with E-state index in [0.29, 0.717) is 0 Å². The predicted octanol–water partition coefficient (Wildman–Crippen LogP) is 1.69. The molecule has 0 aliphatic rings. The second kappa shape index (κ2) is 10.3. The summed E-state index contributed by atoms with van der Waals surface area (Å²) in [5.74, 6) is 0.110. The van der Waals surface area contributed by atoms with Crippen molar-refractivity contribution in [1.29, 1.82) is 0 Å². The number of carbonyl (C=O) groups excluding carboxylic acids is 1. The number of hydrogen-bond donors (Lipinski definition) is 1. The maximum atomic E-state index is 12.1. The number of rotatable bonds is 10. The summed E-state index contributed by atoms with van der Waals surface area (Å²) < 4.78 is 0. The van der Waals surface area contributed by atoms with Gasteiger partial charge in [-0.25, -0.2) is 0 Å². The molecule has 0 aliphatic heterocycles. The SMILES string of the molecule is CCCC(N)C(=O)N(CC)CCCN(CC)CC. The quantitative estimate of drug-likeness (QED) is 0.648. The van der Waals surface area contributed by atoms with Crippen LogP contribution in [0.2, 0.25) is 0 Å². The highest BCUT2D eigenvalue weighted by atomic mass is 16.2. The highest BCUT2D eigenvalue weighted by molar-refractivity contribution is 5.81. The molecular formula is C14H31N3O. The third-order valence-electron chi connectivity index (χ3n) is 3.41. The first-order valence-electron chi connectivity index (χ1n) is 7.37. The molecule has 0 saturated heterocycles. The fourth-order valence-electron chi connectivity index (χ4n) is 2.12. The molecule has 1 amide bonds. The number of likely N-dealkylation sites (N-methyl/N-ethyl adjacent to an activating group) is 1. The molecule has 0 spiro atoms. The van der Waals surface area contributed by atoms with Gasteiger partial charge in [0, 0.05) is 13.1 Å². The van der Waals surface area contributed by atoms with Crippen molar-refractivity contribution in [3.8, 4) is 0 Å². The van der Waals surface area contributed by atoms with E-state index in [1.165, 1.54) is 0 Å². The average Bonchev–Trinajstić information content (AvgIpc) is 2.39. The Labute approximate surface area is 113 Å². The van der Waals surface area contributed by atoms with E-state index in [2.05, 4.69) is 25.7 Å². The maximum absolute atomic E-state index is 12.1. The van der Waals surface area contributed by atoms with Gasteiger partial charge in [-0.2, -0.15) is 0 Å². The van der Waals surface area contributed by atoms with Gasteiger partial charge in [-0.1, -0.05) is 27.2 Å². The van der Waals surface area contributed by atoms with Crippen molar-refractivity contribution in [2.24, 2.45) is 5.73 Å². The minimum Gasteiger partial charge on any atom is -0.342 e. The number of nitrogens with two attached hydrogens (primary N) is 1. The van der Waals surface area contributed by atoms with E-state index < -0.39 is 0 Å². The van der Waals surface area contributed by atoms with Gasteiger partial charge >= 0.3 is 0 Å². The molecule has 4 nitrogen and oxygen atoms in total. The van der Waals surface area contributed by atoms with Crippen LogP contribution in [-0.4, -0.2) is 54.5 Å². The number of nitrogens with zero attached hydrogens (tertiary/aromatic N) is 2. The average molecular weight is 257 g/mol. The summed E-state index contributed by atoms with van der Waals surface area (Å²) in [7, 11) is 0. The van der Waals surface area contributed by atoms with Crippen LogP contribution < -0.4 is 5.73 Å². The van der Waals surface area contributed by atoms with Crippen LogP contribution in [0, 0.1) is 0 Å².